The maximum atomic E-state index is 13.3. The average molecular weight is 541 g/mol. The van der Waals surface area contributed by atoms with Crippen molar-refractivity contribution in [3.8, 4) is 28.0 Å². The number of likely N-dealkylation sites (tertiary alicyclic amines) is 1. The second-order valence-corrected chi connectivity index (χ2v) is 12.2. The Balaban J connectivity index is 1.17. The number of aryl methyl sites for hydroxylation is 3. The van der Waals surface area contributed by atoms with Crippen molar-refractivity contribution >= 4 is 17.2 Å². The van der Waals surface area contributed by atoms with Crippen LogP contribution in [0.4, 0.5) is 0 Å². The molecule has 39 heavy (non-hydrogen) atoms. The molecule has 1 saturated carbocycles. The van der Waals surface area contributed by atoms with Gasteiger partial charge in [0.15, 0.2) is 10.8 Å². The minimum atomic E-state index is -0.533. The van der Waals surface area contributed by atoms with E-state index in [1.165, 1.54) is 22.5 Å². The van der Waals surface area contributed by atoms with Gasteiger partial charge in [-0.3, -0.25) is 4.79 Å². The zero-order chi connectivity index (χ0) is 27.5. The lowest BCUT2D eigenvalue weighted by Crippen LogP contribution is -2.33. The Morgan fingerprint density at radius 1 is 1.03 bits per heavy atom. The summed E-state index contributed by atoms with van der Waals surface area (Å²) < 4.78 is 6.43. The minimum Gasteiger partial charge on any atom is -0.474 e. The minimum absolute atomic E-state index is 0.0140. The van der Waals surface area contributed by atoms with E-state index in [2.05, 4.69) is 53.1 Å². The number of thiazole rings is 1. The number of amides is 1. The third-order valence-electron chi connectivity index (χ3n) is 7.76. The monoisotopic (exact) mass is 540 g/mol. The van der Waals surface area contributed by atoms with Crippen LogP contribution in [0.2, 0.25) is 0 Å². The number of hydrogen-bond donors (Lipinski definition) is 1. The molecule has 2 N–H and O–H groups in total. The smallest absolute Gasteiger partial charge is 0.265 e. The van der Waals surface area contributed by atoms with E-state index < -0.39 is 5.54 Å². The highest BCUT2D eigenvalue weighted by molar-refractivity contribution is 7.17. The molecule has 1 unspecified atom stereocenters. The number of ether oxygens (including phenoxy) is 1. The van der Waals surface area contributed by atoms with Gasteiger partial charge in [0, 0.05) is 54.5 Å². The lowest BCUT2D eigenvalue weighted by Gasteiger charge is -2.22. The van der Waals surface area contributed by atoms with E-state index in [0.29, 0.717) is 52.2 Å². The van der Waals surface area contributed by atoms with Crippen molar-refractivity contribution in [1.29, 1.82) is 0 Å². The highest BCUT2D eigenvalue weighted by atomic mass is 32.1. The van der Waals surface area contributed by atoms with Crippen molar-refractivity contribution in [3.63, 3.8) is 0 Å². The van der Waals surface area contributed by atoms with Gasteiger partial charge in [-0.2, -0.15) is 0 Å². The highest BCUT2D eigenvalue weighted by Gasteiger charge is 2.59. The maximum Gasteiger partial charge on any atom is 0.265 e. The number of fused-ring (bicyclic) bond motifs is 1. The summed E-state index contributed by atoms with van der Waals surface area (Å²) in [7, 11) is 0. The van der Waals surface area contributed by atoms with Crippen LogP contribution in [0.15, 0.2) is 48.8 Å². The number of benzene rings is 1. The van der Waals surface area contributed by atoms with Gasteiger partial charge in [-0.1, -0.05) is 12.1 Å². The molecule has 4 aromatic rings. The lowest BCUT2D eigenvalue weighted by molar-refractivity contribution is 0.0755. The van der Waals surface area contributed by atoms with Crippen LogP contribution in [0.3, 0.4) is 0 Å². The summed E-state index contributed by atoms with van der Waals surface area (Å²) in [5, 5.41) is 0.662. The second-order valence-electron chi connectivity index (χ2n) is 11.2. The van der Waals surface area contributed by atoms with Crippen LogP contribution in [0.1, 0.15) is 45.9 Å². The molecule has 6 rings (SSSR count). The van der Waals surface area contributed by atoms with Crippen LogP contribution in [-0.4, -0.2) is 49.9 Å². The normalized spacial score (nSPS) is 20.2. The van der Waals surface area contributed by atoms with Gasteiger partial charge in [0.1, 0.15) is 11.0 Å². The van der Waals surface area contributed by atoms with Crippen LogP contribution in [0, 0.1) is 32.6 Å². The fourth-order valence-corrected chi connectivity index (χ4v) is 6.16. The third-order valence-corrected chi connectivity index (χ3v) is 8.90. The topological polar surface area (TPSA) is 107 Å². The molecule has 2 aliphatic rings. The van der Waals surface area contributed by atoms with E-state index in [-0.39, 0.29) is 12.0 Å². The molecule has 200 valence electrons. The molecule has 0 spiro atoms. The summed E-state index contributed by atoms with van der Waals surface area (Å²) >= 11 is 1.35. The number of hydrogen-bond acceptors (Lipinski definition) is 8. The fourth-order valence-electron chi connectivity index (χ4n) is 5.18. The SMILES string of the molecule is Cc1ccc(-c2cc(C(C)(C)N)cc(OC3[C@H]4CN(C(=O)c5sc(-c6ncccn6)nc5C)C[C@@H]34)n2)cc1C. The van der Waals surface area contributed by atoms with Crippen molar-refractivity contribution in [2.75, 3.05) is 13.1 Å². The Kier molecular flexibility index (Phi) is 6.23. The highest BCUT2D eigenvalue weighted by Crippen LogP contribution is 2.48. The van der Waals surface area contributed by atoms with Crippen molar-refractivity contribution in [2.45, 2.75) is 46.3 Å². The zero-order valence-electron chi connectivity index (χ0n) is 22.8. The molecule has 1 aliphatic heterocycles. The molecule has 3 aromatic heterocycles. The summed E-state index contributed by atoms with van der Waals surface area (Å²) in [6.45, 7) is 11.4. The summed E-state index contributed by atoms with van der Waals surface area (Å²) in [4.78, 5) is 33.8. The van der Waals surface area contributed by atoms with E-state index in [0.717, 1.165) is 16.8 Å². The van der Waals surface area contributed by atoms with E-state index in [1.54, 1.807) is 18.5 Å². The number of pyridine rings is 1. The Labute approximate surface area is 232 Å². The van der Waals surface area contributed by atoms with Crippen molar-refractivity contribution in [3.05, 3.63) is 76.1 Å². The van der Waals surface area contributed by atoms with Crippen molar-refractivity contribution in [2.24, 2.45) is 17.6 Å². The van der Waals surface area contributed by atoms with Crippen LogP contribution in [-0.2, 0) is 5.54 Å². The third kappa shape index (κ3) is 4.92. The largest absolute Gasteiger partial charge is 0.474 e. The Morgan fingerprint density at radius 3 is 2.41 bits per heavy atom. The molecule has 9 heteroatoms. The standard InChI is InChI=1S/C30H32N6O2S/c1-16-7-8-19(11-17(16)2)23-12-20(30(4,5)31)13-24(35-23)38-25-21-14-36(15-22(21)25)29(37)26-18(3)34-28(39-26)27-32-9-6-10-33-27/h6-13,21-22,25H,14-15,31H2,1-5H3/t21-,22+,25?. The Bertz CT molecular complexity index is 1550. The molecule has 1 aromatic carbocycles. The Morgan fingerprint density at radius 2 is 1.74 bits per heavy atom. The van der Waals surface area contributed by atoms with E-state index in [4.69, 9.17) is 15.5 Å². The van der Waals surface area contributed by atoms with Gasteiger partial charge in [-0.05, 0) is 69.5 Å². The first-order valence-corrected chi connectivity index (χ1v) is 14.0. The molecular weight excluding hydrogens is 508 g/mol. The molecule has 0 radical (unpaired) electrons. The summed E-state index contributed by atoms with van der Waals surface area (Å²) in [6, 6.07) is 12.1. The number of piperidine rings is 1. The van der Waals surface area contributed by atoms with Crippen LogP contribution in [0.25, 0.3) is 22.1 Å². The Hall–Kier alpha value is -3.69. The van der Waals surface area contributed by atoms with Gasteiger partial charge in [0.25, 0.3) is 5.91 Å². The van der Waals surface area contributed by atoms with E-state index in [1.807, 2.05) is 31.7 Å². The number of carbonyl (C=O) groups is 1. The van der Waals surface area contributed by atoms with Crippen LogP contribution in [0.5, 0.6) is 5.88 Å². The number of carbonyl (C=O) groups excluding carboxylic acids is 1. The van der Waals surface area contributed by atoms with Crippen molar-refractivity contribution < 1.29 is 9.53 Å². The van der Waals surface area contributed by atoms with Gasteiger partial charge in [0.2, 0.25) is 5.88 Å². The maximum absolute atomic E-state index is 13.3. The number of rotatable bonds is 6. The predicted octanol–water partition coefficient (Wildman–Crippen LogP) is 4.93. The molecular formula is C30H32N6O2S. The lowest BCUT2D eigenvalue weighted by atomic mass is 9.94. The molecule has 4 heterocycles. The van der Waals surface area contributed by atoms with E-state index in [9.17, 15) is 4.79 Å². The molecule has 1 aliphatic carbocycles. The second kappa shape index (κ2) is 9.50. The quantitative estimate of drug-likeness (QED) is 0.369. The van der Waals surface area contributed by atoms with Gasteiger partial charge >= 0.3 is 0 Å². The molecule has 1 amide bonds. The average Bonchev–Trinajstić information content (AvgIpc) is 3.22. The first-order chi connectivity index (χ1) is 18.6. The van der Waals surface area contributed by atoms with Crippen LogP contribution < -0.4 is 10.5 Å². The van der Waals surface area contributed by atoms with Gasteiger partial charge in [0.05, 0.1) is 11.4 Å². The summed E-state index contributed by atoms with van der Waals surface area (Å²) in [6.07, 6.45) is 3.40. The van der Waals surface area contributed by atoms with Crippen LogP contribution >= 0.6 is 11.3 Å². The van der Waals surface area contributed by atoms with Gasteiger partial charge in [-0.25, -0.2) is 19.9 Å². The first-order valence-electron chi connectivity index (χ1n) is 13.2. The molecule has 1 saturated heterocycles. The van der Waals surface area contributed by atoms with E-state index >= 15 is 0 Å². The van der Waals surface area contributed by atoms with Crippen molar-refractivity contribution in [1.82, 2.24) is 24.8 Å². The number of nitrogens with zero attached hydrogens (tertiary/aromatic N) is 5. The van der Waals surface area contributed by atoms with Gasteiger partial charge in [-0.15, -0.1) is 11.3 Å². The first kappa shape index (κ1) is 25.6. The molecule has 3 atom stereocenters. The number of nitrogens with two attached hydrogens (primary N) is 1. The fraction of sp³-hybridized carbons (Fsp3) is 0.367. The molecule has 0 bridgehead atoms. The van der Waals surface area contributed by atoms with Gasteiger partial charge < -0.3 is 15.4 Å². The summed E-state index contributed by atoms with van der Waals surface area (Å²) in [5.41, 5.74) is 12.0. The molecule has 2 fully saturated rings. The summed E-state index contributed by atoms with van der Waals surface area (Å²) in [5.74, 6) is 1.72. The molecule has 8 nitrogen and oxygen atoms in total. The predicted molar refractivity (Wildman–Crippen MR) is 152 cm³/mol. The zero-order valence-corrected chi connectivity index (χ0v) is 23.6. The number of aromatic nitrogens is 4.